The molecule has 92 valence electrons. The van der Waals surface area contributed by atoms with Gasteiger partial charge < -0.3 is 20.1 Å². The molecule has 1 aromatic heterocycles. The molecule has 6 heteroatoms. The largest absolute Gasteiger partial charge is 0.382 e. The van der Waals surface area contributed by atoms with Gasteiger partial charge in [0.25, 0.3) is 5.89 Å². The fourth-order valence-electron chi connectivity index (χ4n) is 1.33. The third-order valence-electron chi connectivity index (χ3n) is 2.56. The van der Waals surface area contributed by atoms with Crippen LogP contribution in [-0.4, -0.2) is 28.4 Å². The van der Waals surface area contributed by atoms with Crippen molar-refractivity contribution in [2.24, 2.45) is 5.73 Å². The van der Waals surface area contributed by atoms with Crippen LogP contribution < -0.4 is 5.73 Å². The number of hydrogen-bond acceptors (Lipinski definition) is 6. The maximum Gasteiger partial charge on any atom is 0.256 e. The molecule has 0 amide bonds. The molecule has 3 N–H and O–H groups in total. The smallest absolute Gasteiger partial charge is 0.256 e. The lowest BCUT2D eigenvalue weighted by Crippen LogP contribution is -2.26. The third kappa shape index (κ3) is 2.58. The van der Waals surface area contributed by atoms with Gasteiger partial charge in [-0.3, -0.25) is 0 Å². The molecule has 0 radical (unpaired) electrons. The van der Waals surface area contributed by atoms with Crippen LogP contribution in [0.15, 0.2) is 4.52 Å². The Kier molecular flexibility index (Phi) is 4.40. The van der Waals surface area contributed by atoms with E-state index in [1.54, 1.807) is 0 Å². The molecule has 16 heavy (non-hydrogen) atoms. The first kappa shape index (κ1) is 13.1. The summed E-state index contributed by atoms with van der Waals surface area (Å²) in [6.45, 7) is 6.39. The predicted molar refractivity (Wildman–Crippen MR) is 57.6 cm³/mol. The van der Waals surface area contributed by atoms with Gasteiger partial charge >= 0.3 is 0 Å². The van der Waals surface area contributed by atoms with E-state index in [4.69, 9.17) is 15.0 Å². The van der Waals surface area contributed by atoms with Crippen LogP contribution in [0.1, 0.15) is 45.0 Å². The molecule has 1 rings (SSSR count). The van der Waals surface area contributed by atoms with Gasteiger partial charge in [-0.1, -0.05) is 12.1 Å². The van der Waals surface area contributed by atoms with Gasteiger partial charge in [0.05, 0.1) is 0 Å². The molecule has 2 unspecified atom stereocenters. The van der Waals surface area contributed by atoms with Crippen LogP contribution >= 0.6 is 0 Å². The highest BCUT2D eigenvalue weighted by Crippen LogP contribution is 2.27. The topological polar surface area (TPSA) is 94.4 Å². The van der Waals surface area contributed by atoms with Crippen LogP contribution in [-0.2, 0) is 10.3 Å². The first-order chi connectivity index (χ1) is 7.57. The van der Waals surface area contributed by atoms with Gasteiger partial charge in [0.15, 0.2) is 0 Å². The lowest BCUT2D eigenvalue weighted by atomic mass is 10.0. The number of rotatable bonds is 6. The van der Waals surface area contributed by atoms with E-state index in [0.29, 0.717) is 12.4 Å². The molecule has 0 saturated heterocycles. The van der Waals surface area contributed by atoms with Crippen LogP contribution in [0, 0.1) is 0 Å². The minimum absolute atomic E-state index is 0.0547. The fraction of sp³-hybridized carbons (Fsp3) is 0.800. The summed E-state index contributed by atoms with van der Waals surface area (Å²) in [7, 11) is 0. The molecule has 0 bridgehead atoms. The predicted octanol–water partition coefficient (Wildman–Crippen LogP) is 0.723. The average Bonchev–Trinajstić information content (AvgIpc) is 2.78. The van der Waals surface area contributed by atoms with E-state index in [-0.39, 0.29) is 12.4 Å². The second-order valence-electron chi connectivity index (χ2n) is 3.73. The number of hydrogen-bond donors (Lipinski definition) is 2. The van der Waals surface area contributed by atoms with E-state index < -0.39 is 11.7 Å². The van der Waals surface area contributed by atoms with Gasteiger partial charge in [-0.2, -0.15) is 4.98 Å². The summed E-state index contributed by atoms with van der Waals surface area (Å²) in [6.07, 6.45) is -0.192. The lowest BCUT2D eigenvalue weighted by Gasteiger charge is -2.23. The molecule has 0 aliphatic rings. The highest BCUT2D eigenvalue weighted by atomic mass is 16.5. The van der Waals surface area contributed by atoms with E-state index in [1.165, 1.54) is 0 Å². The summed E-state index contributed by atoms with van der Waals surface area (Å²) in [5.74, 6) is 0.580. The zero-order valence-electron chi connectivity index (χ0n) is 9.93. The van der Waals surface area contributed by atoms with Crippen LogP contribution in [0.3, 0.4) is 0 Å². The van der Waals surface area contributed by atoms with Crippen molar-refractivity contribution >= 4 is 0 Å². The highest BCUT2D eigenvalue weighted by molar-refractivity contribution is 5.00. The van der Waals surface area contributed by atoms with Crippen LogP contribution in [0.4, 0.5) is 0 Å². The van der Waals surface area contributed by atoms with Gasteiger partial charge in [0, 0.05) is 13.2 Å². The van der Waals surface area contributed by atoms with Crippen molar-refractivity contribution in [3.8, 4) is 0 Å². The summed E-state index contributed by atoms with van der Waals surface area (Å²) in [6, 6.07) is 0. The lowest BCUT2D eigenvalue weighted by molar-refractivity contribution is -0.0403. The fourth-order valence-corrected chi connectivity index (χ4v) is 1.33. The van der Waals surface area contributed by atoms with Crippen molar-refractivity contribution in [2.75, 3.05) is 13.2 Å². The van der Waals surface area contributed by atoms with E-state index >= 15 is 0 Å². The molecule has 0 spiro atoms. The maximum atomic E-state index is 9.45. The molecule has 0 aliphatic carbocycles. The summed E-state index contributed by atoms with van der Waals surface area (Å²) in [4.78, 5) is 4.11. The molecule has 0 aromatic carbocycles. The minimum Gasteiger partial charge on any atom is -0.382 e. The van der Waals surface area contributed by atoms with Gasteiger partial charge in [-0.05, 0) is 20.3 Å². The normalized spacial score (nSPS) is 17.1. The second kappa shape index (κ2) is 5.38. The maximum absolute atomic E-state index is 9.45. The van der Waals surface area contributed by atoms with Crippen molar-refractivity contribution in [1.82, 2.24) is 10.1 Å². The van der Waals surface area contributed by atoms with Gasteiger partial charge in [-0.15, -0.1) is 0 Å². The van der Waals surface area contributed by atoms with Gasteiger partial charge in [-0.25, -0.2) is 0 Å². The molecule has 1 aromatic rings. The first-order valence-corrected chi connectivity index (χ1v) is 5.43. The van der Waals surface area contributed by atoms with Crippen molar-refractivity contribution in [2.45, 2.75) is 38.9 Å². The number of nitrogens with two attached hydrogens (primary N) is 1. The van der Waals surface area contributed by atoms with E-state index in [9.17, 15) is 5.11 Å². The quantitative estimate of drug-likeness (QED) is 0.746. The highest BCUT2D eigenvalue weighted by Gasteiger charge is 2.31. The zero-order valence-corrected chi connectivity index (χ0v) is 9.93. The minimum atomic E-state index is -0.913. The Balaban J connectivity index is 2.90. The Hall–Kier alpha value is -0.980. The average molecular weight is 229 g/mol. The molecule has 6 nitrogen and oxygen atoms in total. The molecular weight excluding hydrogens is 210 g/mol. The number of aromatic nitrogens is 2. The molecule has 2 atom stereocenters. The Morgan fingerprint density at radius 1 is 1.56 bits per heavy atom. The van der Waals surface area contributed by atoms with Crippen molar-refractivity contribution < 1.29 is 14.4 Å². The van der Waals surface area contributed by atoms with Crippen LogP contribution in [0.25, 0.3) is 0 Å². The van der Waals surface area contributed by atoms with Crippen molar-refractivity contribution in [3.63, 3.8) is 0 Å². The Morgan fingerprint density at radius 3 is 2.75 bits per heavy atom. The number of ether oxygens (including phenoxy) is 1. The summed E-state index contributed by atoms with van der Waals surface area (Å²) in [5, 5.41) is 13.3. The van der Waals surface area contributed by atoms with E-state index in [2.05, 4.69) is 10.1 Å². The first-order valence-electron chi connectivity index (χ1n) is 5.43. The van der Waals surface area contributed by atoms with Gasteiger partial charge in [0.2, 0.25) is 5.82 Å². The van der Waals surface area contributed by atoms with Gasteiger partial charge in [0.1, 0.15) is 11.7 Å². The zero-order chi connectivity index (χ0) is 12.2. The number of aliphatic hydroxyl groups excluding tert-OH is 1. The summed E-state index contributed by atoms with van der Waals surface area (Å²) in [5.41, 5.74) is 4.73. The van der Waals surface area contributed by atoms with E-state index in [0.717, 1.165) is 6.42 Å². The van der Waals surface area contributed by atoms with Crippen LogP contribution in [0.2, 0.25) is 0 Å². The molecular formula is C10H19N3O3. The Morgan fingerprint density at radius 2 is 2.25 bits per heavy atom. The Bertz CT molecular complexity index is 329. The third-order valence-corrected chi connectivity index (χ3v) is 2.56. The molecule has 1 heterocycles. The number of aliphatic hydroxyl groups is 1. The SMILES string of the molecule is CCOC(C)(CC)c1noc(C(O)CN)n1. The Labute approximate surface area is 94.8 Å². The molecule has 0 aliphatic heterocycles. The monoisotopic (exact) mass is 229 g/mol. The summed E-state index contributed by atoms with van der Waals surface area (Å²) >= 11 is 0. The molecule has 0 fully saturated rings. The number of nitrogens with zero attached hydrogens (tertiary/aromatic N) is 2. The van der Waals surface area contributed by atoms with Crippen molar-refractivity contribution in [3.05, 3.63) is 11.7 Å². The van der Waals surface area contributed by atoms with E-state index in [1.807, 2.05) is 20.8 Å². The summed E-state index contributed by atoms with van der Waals surface area (Å²) < 4.78 is 10.5. The molecule has 0 saturated carbocycles. The second-order valence-corrected chi connectivity index (χ2v) is 3.73. The van der Waals surface area contributed by atoms with Crippen molar-refractivity contribution in [1.29, 1.82) is 0 Å². The standard InChI is InChI=1S/C10H19N3O3/c1-4-10(3,15-5-2)9-12-8(16-13-9)7(14)6-11/h7,14H,4-6,11H2,1-3H3. The van der Waals surface area contributed by atoms with Crippen LogP contribution in [0.5, 0.6) is 0 Å².